The number of aliphatic hydroxyl groups excluding tert-OH is 1. The minimum Gasteiger partial charge on any atom is -0.373 e. The van der Waals surface area contributed by atoms with Gasteiger partial charge < -0.3 is 5.11 Å². The molecule has 0 saturated heterocycles. The molecule has 1 aromatic heterocycles. The van der Waals surface area contributed by atoms with Gasteiger partial charge in [0.15, 0.2) is 3.92 Å². The van der Waals surface area contributed by atoms with Crippen LogP contribution in [-0.4, -0.2) is 17.1 Å². The second kappa shape index (κ2) is 3.43. The van der Waals surface area contributed by atoms with E-state index in [-0.39, 0.29) is 0 Å². The summed E-state index contributed by atoms with van der Waals surface area (Å²) >= 11 is 4.65. The fraction of sp³-hybridized carbons (Fsp3) is 0.400. The van der Waals surface area contributed by atoms with Crippen molar-refractivity contribution >= 4 is 27.3 Å². The van der Waals surface area contributed by atoms with Crippen LogP contribution in [0, 0.1) is 0 Å². The molecular formula is C5H7BrN2OS. The molecule has 0 aliphatic heterocycles. The number of nitrogens with zero attached hydrogens (tertiary/aromatic N) is 1. The van der Waals surface area contributed by atoms with Gasteiger partial charge in [0.2, 0.25) is 0 Å². The van der Waals surface area contributed by atoms with Crippen LogP contribution in [0.2, 0.25) is 0 Å². The summed E-state index contributed by atoms with van der Waals surface area (Å²) in [6.07, 6.45) is -0.650. The molecule has 1 rings (SSSR count). The quantitative estimate of drug-likeness (QED) is 0.738. The molecule has 0 bridgehead atoms. The summed E-state index contributed by atoms with van der Waals surface area (Å²) in [6.45, 7) is 0. The van der Waals surface area contributed by atoms with Gasteiger partial charge in [0.05, 0.1) is 5.69 Å². The van der Waals surface area contributed by atoms with Gasteiger partial charge in [0, 0.05) is 5.38 Å². The van der Waals surface area contributed by atoms with Crippen molar-refractivity contribution in [3.05, 3.63) is 15.0 Å². The second-order valence-corrected chi connectivity index (χ2v) is 3.85. The molecular weight excluding hydrogens is 216 g/mol. The minimum atomic E-state index is -0.650. The predicted molar refractivity (Wildman–Crippen MR) is 43.8 cm³/mol. The van der Waals surface area contributed by atoms with Gasteiger partial charge in [-0.25, -0.2) is 4.98 Å². The Morgan fingerprint density at radius 3 is 3.00 bits per heavy atom. The molecule has 1 heterocycles. The normalized spacial score (nSPS) is 13.5. The van der Waals surface area contributed by atoms with Crippen molar-refractivity contribution in [1.29, 1.82) is 0 Å². The molecule has 0 aliphatic rings. The van der Waals surface area contributed by atoms with E-state index in [2.05, 4.69) is 26.2 Å². The summed E-state index contributed by atoms with van der Waals surface area (Å²) in [6, 6.07) is 0. The van der Waals surface area contributed by atoms with Gasteiger partial charge in [-0.3, -0.25) is 5.32 Å². The fourth-order valence-electron chi connectivity index (χ4n) is 0.537. The molecule has 0 aliphatic carbocycles. The third kappa shape index (κ3) is 1.76. The molecule has 56 valence electrons. The second-order valence-electron chi connectivity index (χ2n) is 1.72. The third-order valence-electron chi connectivity index (χ3n) is 1.05. The Morgan fingerprint density at radius 1 is 1.90 bits per heavy atom. The molecule has 1 atom stereocenters. The van der Waals surface area contributed by atoms with Gasteiger partial charge in [0.1, 0.15) is 6.23 Å². The molecule has 1 unspecified atom stereocenters. The highest BCUT2D eigenvalue weighted by atomic mass is 79.9. The highest BCUT2D eigenvalue weighted by Gasteiger charge is 2.06. The molecule has 0 aromatic carbocycles. The largest absolute Gasteiger partial charge is 0.373 e. The number of halogens is 1. The van der Waals surface area contributed by atoms with E-state index >= 15 is 0 Å². The van der Waals surface area contributed by atoms with Gasteiger partial charge in [-0.2, -0.15) is 0 Å². The smallest absolute Gasteiger partial charge is 0.159 e. The number of hydrogen-bond acceptors (Lipinski definition) is 4. The first-order chi connectivity index (χ1) is 4.74. The molecule has 0 fully saturated rings. The molecule has 1 aromatic rings. The molecule has 0 radical (unpaired) electrons. The topological polar surface area (TPSA) is 45.1 Å². The van der Waals surface area contributed by atoms with Crippen molar-refractivity contribution < 1.29 is 5.11 Å². The zero-order valence-corrected chi connectivity index (χ0v) is 7.74. The minimum absolute atomic E-state index is 0.650. The first-order valence-corrected chi connectivity index (χ1v) is 4.37. The maximum Gasteiger partial charge on any atom is 0.159 e. The molecule has 2 N–H and O–H groups in total. The van der Waals surface area contributed by atoms with E-state index in [4.69, 9.17) is 5.11 Å². The fourth-order valence-corrected chi connectivity index (χ4v) is 1.58. The number of aromatic nitrogens is 1. The molecule has 0 spiro atoms. The summed E-state index contributed by atoms with van der Waals surface area (Å²) < 4.78 is 0.789. The highest BCUT2D eigenvalue weighted by Crippen LogP contribution is 2.18. The first-order valence-electron chi connectivity index (χ1n) is 2.70. The number of nitrogens with one attached hydrogen (secondary N) is 1. The Hall–Kier alpha value is 0.0300. The molecule has 5 heteroatoms. The predicted octanol–water partition coefficient (Wildman–Crippen LogP) is 1.12. The molecule has 0 amide bonds. The summed E-state index contributed by atoms with van der Waals surface area (Å²) in [5.74, 6) is 0. The van der Waals surface area contributed by atoms with Crippen molar-refractivity contribution in [2.24, 2.45) is 0 Å². The number of aliphatic hydroxyl groups is 1. The van der Waals surface area contributed by atoms with Crippen LogP contribution in [0.15, 0.2) is 9.30 Å². The zero-order valence-electron chi connectivity index (χ0n) is 5.34. The van der Waals surface area contributed by atoms with Crippen LogP contribution in [-0.2, 0) is 0 Å². The summed E-state index contributed by atoms with van der Waals surface area (Å²) in [5, 5.41) is 13.6. The van der Waals surface area contributed by atoms with Crippen molar-refractivity contribution in [2.45, 2.75) is 6.23 Å². The lowest BCUT2D eigenvalue weighted by atomic mass is 10.4. The Morgan fingerprint density at radius 2 is 2.60 bits per heavy atom. The number of hydrogen-bond donors (Lipinski definition) is 2. The van der Waals surface area contributed by atoms with E-state index < -0.39 is 6.23 Å². The van der Waals surface area contributed by atoms with E-state index in [9.17, 15) is 0 Å². The Kier molecular flexibility index (Phi) is 2.79. The van der Waals surface area contributed by atoms with Crippen molar-refractivity contribution in [3.8, 4) is 0 Å². The molecule has 10 heavy (non-hydrogen) atoms. The van der Waals surface area contributed by atoms with Crippen molar-refractivity contribution in [2.75, 3.05) is 7.05 Å². The van der Waals surface area contributed by atoms with Crippen LogP contribution in [0.3, 0.4) is 0 Å². The van der Waals surface area contributed by atoms with Crippen LogP contribution in [0.1, 0.15) is 11.9 Å². The van der Waals surface area contributed by atoms with E-state index in [1.807, 2.05) is 0 Å². The third-order valence-corrected chi connectivity index (χ3v) is 2.43. The van der Waals surface area contributed by atoms with E-state index in [0.29, 0.717) is 5.69 Å². The maximum atomic E-state index is 9.15. The van der Waals surface area contributed by atoms with Gasteiger partial charge in [0.25, 0.3) is 0 Å². The van der Waals surface area contributed by atoms with E-state index in [1.165, 1.54) is 11.3 Å². The average molecular weight is 223 g/mol. The summed E-state index contributed by atoms with van der Waals surface area (Å²) in [5.41, 5.74) is 0.652. The Balaban J connectivity index is 2.74. The monoisotopic (exact) mass is 222 g/mol. The van der Waals surface area contributed by atoms with Gasteiger partial charge in [-0.1, -0.05) is 0 Å². The SMILES string of the molecule is CNC(O)c1csc(Br)n1. The first kappa shape index (κ1) is 8.13. The lowest BCUT2D eigenvalue weighted by Crippen LogP contribution is -2.15. The van der Waals surface area contributed by atoms with Crippen LogP contribution in [0.25, 0.3) is 0 Å². The van der Waals surface area contributed by atoms with Crippen LogP contribution in [0.5, 0.6) is 0 Å². The Bertz CT molecular complexity index is 215. The summed E-state index contributed by atoms with van der Waals surface area (Å²) in [4.78, 5) is 4.00. The molecule has 3 nitrogen and oxygen atoms in total. The van der Waals surface area contributed by atoms with E-state index in [0.717, 1.165) is 3.92 Å². The number of thiazole rings is 1. The zero-order chi connectivity index (χ0) is 7.56. The maximum absolute atomic E-state index is 9.15. The Labute approximate surface area is 71.2 Å². The highest BCUT2D eigenvalue weighted by molar-refractivity contribution is 9.11. The lowest BCUT2D eigenvalue weighted by molar-refractivity contribution is 0.145. The van der Waals surface area contributed by atoms with Gasteiger partial charge in [-0.05, 0) is 23.0 Å². The van der Waals surface area contributed by atoms with Crippen LogP contribution in [0.4, 0.5) is 0 Å². The van der Waals surface area contributed by atoms with Crippen LogP contribution >= 0.6 is 27.3 Å². The van der Waals surface area contributed by atoms with Gasteiger partial charge >= 0.3 is 0 Å². The van der Waals surface area contributed by atoms with Crippen molar-refractivity contribution in [3.63, 3.8) is 0 Å². The van der Waals surface area contributed by atoms with Crippen LogP contribution < -0.4 is 5.32 Å². The van der Waals surface area contributed by atoms with Crippen molar-refractivity contribution in [1.82, 2.24) is 10.3 Å². The number of rotatable bonds is 2. The summed E-state index contributed by atoms with van der Waals surface area (Å²) in [7, 11) is 1.68. The van der Waals surface area contributed by atoms with Gasteiger partial charge in [-0.15, -0.1) is 11.3 Å². The van der Waals surface area contributed by atoms with E-state index in [1.54, 1.807) is 12.4 Å². The lowest BCUT2D eigenvalue weighted by Gasteiger charge is -2.02. The average Bonchev–Trinajstić information content (AvgIpc) is 2.34. The standard InChI is InChI=1S/C5H7BrN2OS/c1-7-4(9)3-2-10-5(6)8-3/h2,4,7,9H,1H3. The molecule has 0 saturated carbocycles.